The number of aryl methyl sites for hydroxylation is 1. The van der Waals surface area contributed by atoms with E-state index < -0.39 is 24.4 Å². The minimum absolute atomic E-state index is 0.0594. The Hall–Kier alpha value is -2.38. The van der Waals surface area contributed by atoms with Crippen molar-refractivity contribution in [2.75, 3.05) is 23.4 Å². The minimum atomic E-state index is -0.600. The van der Waals surface area contributed by atoms with Crippen LogP contribution >= 0.6 is 27.5 Å². The molecule has 146 valence electrons. The molecule has 0 aliphatic carbocycles. The number of rotatable bonds is 5. The van der Waals surface area contributed by atoms with Crippen molar-refractivity contribution in [2.24, 2.45) is 5.92 Å². The largest absolute Gasteiger partial charge is 0.455 e. The smallest absolute Gasteiger partial charge is 0.311 e. The summed E-state index contributed by atoms with van der Waals surface area (Å²) in [5.74, 6) is -1.78. The Balaban J connectivity index is 1.53. The van der Waals surface area contributed by atoms with E-state index in [-0.39, 0.29) is 18.9 Å². The number of hydrogen-bond donors (Lipinski definition) is 1. The lowest BCUT2D eigenvalue weighted by molar-refractivity contribution is -0.151. The van der Waals surface area contributed by atoms with E-state index >= 15 is 0 Å². The fourth-order valence-corrected chi connectivity index (χ4v) is 3.34. The number of nitrogens with one attached hydrogen (secondary N) is 1. The number of benzene rings is 2. The zero-order valence-corrected chi connectivity index (χ0v) is 17.4. The van der Waals surface area contributed by atoms with Gasteiger partial charge in [-0.15, -0.1) is 0 Å². The molecule has 6 nitrogen and oxygen atoms in total. The Morgan fingerprint density at radius 1 is 1.25 bits per heavy atom. The summed E-state index contributed by atoms with van der Waals surface area (Å²) in [4.78, 5) is 38.1. The lowest BCUT2D eigenvalue weighted by Gasteiger charge is -2.16. The Morgan fingerprint density at radius 2 is 1.96 bits per heavy atom. The molecule has 0 spiro atoms. The molecule has 2 amide bonds. The normalized spacial score (nSPS) is 16.2. The van der Waals surface area contributed by atoms with Crippen LogP contribution in [0.1, 0.15) is 12.0 Å². The maximum Gasteiger partial charge on any atom is 0.311 e. The first-order chi connectivity index (χ1) is 13.3. The predicted octanol–water partition coefficient (Wildman–Crippen LogP) is 3.95. The molecule has 0 saturated carbocycles. The lowest BCUT2D eigenvalue weighted by Crippen LogP contribution is -2.28. The molecule has 3 rings (SSSR count). The van der Waals surface area contributed by atoms with Gasteiger partial charge in [0.25, 0.3) is 5.91 Å². The number of esters is 1. The van der Waals surface area contributed by atoms with Crippen LogP contribution in [0.25, 0.3) is 0 Å². The molecule has 1 aliphatic rings. The molecular weight excluding hydrogens is 448 g/mol. The zero-order valence-electron chi connectivity index (χ0n) is 15.1. The van der Waals surface area contributed by atoms with Crippen LogP contribution in [0.3, 0.4) is 0 Å². The standard InChI is InChI=1S/C20H18BrClN2O4/c1-12-2-5-15(22)9-17(12)23-18(25)11-28-20(27)13-8-19(26)24(10-13)16-6-3-14(21)4-7-16/h2-7,9,13H,8,10-11H2,1H3,(H,23,25)/t13-/m0/s1. The highest BCUT2D eigenvalue weighted by atomic mass is 79.9. The molecule has 0 bridgehead atoms. The van der Waals surface area contributed by atoms with Gasteiger partial charge in [0.1, 0.15) is 0 Å². The maximum absolute atomic E-state index is 12.3. The molecule has 0 unspecified atom stereocenters. The van der Waals surface area contributed by atoms with E-state index in [2.05, 4.69) is 21.2 Å². The molecule has 0 radical (unpaired) electrons. The minimum Gasteiger partial charge on any atom is -0.455 e. The summed E-state index contributed by atoms with van der Waals surface area (Å²) < 4.78 is 6.01. The second kappa shape index (κ2) is 8.75. The van der Waals surface area contributed by atoms with E-state index in [1.165, 1.54) is 0 Å². The van der Waals surface area contributed by atoms with Gasteiger partial charge in [0, 0.05) is 33.8 Å². The van der Waals surface area contributed by atoms with Gasteiger partial charge in [-0.3, -0.25) is 14.4 Å². The van der Waals surface area contributed by atoms with Gasteiger partial charge in [0.15, 0.2) is 6.61 Å². The van der Waals surface area contributed by atoms with Gasteiger partial charge in [-0.2, -0.15) is 0 Å². The molecule has 1 N–H and O–H groups in total. The summed E-state index contributed by atoms with van der Waals surface area (Å²) in [7, 11) is 0. The van der Waals surface area contributed by atoms with E-state index in [4.69, 9.17) is 16.3 Å². The van der Waals surface area contributed by atoms with Crippen molar-refractivity contribution in [3.05, 3.63) is 57.5 Å². The fourth-order valence-electron chi connectivity index (χ4n) is 2.91. The summed E-state index contributed by atoms with van der Waals surface area (Å²) in [6.07, 6.45) is 0.0594. The van der Waals surface area contributed by atoms with Crippen LogP contribution in [0, 0.1) is 12.8 Å². The number of nitrogens with zero attached hydrogens (tertiary/aromatic N) is 1. The highest BCUT2D eigenvalue weighted by molar-refractivity contribution is 9.10. The maximum atomic E-state index is 12.3. The number of carbonyl (C=O) groups is 3. The van der Waals surface area contributed by atoms with Crippen LogP contribution in [0.5, 0.6) is 0 Å². The van der Waals surface area contributed by atoms with E-state index in [1.54, 1.807) is 35.2 Å². The highest BCUT2D eigenvalue weighted by Gasteiger charge is 2.36. The average molecular weight is 466 g/mol. The number of carbonyl (C=O) groups excluding carboxylic acids is 3. The fraction of sp³-hybridized carbons (Fsp3) is 0.250. The zero-order chi connectivity index (χ0) is 20.3. The van der Waals surface area contributed by atoms with Crippen LogP contribution in [0.2, 0.25) is 5.02 Å². The predicted molar refractivity (Wildman–Crippen MR) is 110 cm³/mol. The molecule has 0 aromatic heterocycles. The van der Waals surface area contributed by atoms with E-state index in [9.17, 15) is 14.4 Å². The number of hydrogen-bond acceptors (Lipinski definition) is 4. The molecule has 1 atom stereocenters. The Labute approximate surface area is 175 Å². The van der Waals surface area contributed by atoms with Gasteiger partial charge in [-0.1, -0.05) is 33.6 Å². The van der Waals surface area contributed by atoms with Gasteiger partial charge < -0.3 is 15.0 Å². The van der Waals surface area contributed by atoms with Gasteiger partial charge >= 0.3 is 5.97 Å². The number of ether oxygens (including phenoxy) is 1. The Kier molecular flexibility index (Phi) is 6.36. The Morgan fingerprint density at radius 3 is 2.68 bits per heavy atom. The van der Waals surface area contributed by atoms with Gasteiger partial charge in [-0.25, -0.2) is 0 Å². The molecule has 2 aromatic carbocycles. The van der Waals surface area contributed by atoms with Crippen molar-refractivity contribution in [1.29, 1.82) is 0 Å². The van der Waals surface area contributed by atoms with Crippen molar-refractivity contribution in [3.63, 3.8) is 0 Å². The second-order valence-corrected chi connectivity index (χ2v) is 7.85. The topological polar surface area (TPSA) is 75.7 Å². The first-order valence-corrected chi connectivity index (χ1v) is 9.79. The van der Waals surface area contributed by atoms with Crippen LogP contribution in [0.15, 0.2) is 46.9 Å². The van der Waals surface area contributed by atoms with Crippen LogP contribution in [0.4, 0.5) is 11.4 Å². The third-order valence-corrected chi connectivity index (χ3v) is 5.18. The summed E-state index contributed by atoms with van der Waals surface area (Å²) in [5, 5.41) is 3.16. The summed E-state index contributed by atoms with van der Waals surface area (Å²) in [6, 6.07) is 12.4. The van der Waals surface area contributed by atoms with Crippen molar-refractivity contribution in [3.8, 4) is 0 Å². The molecule has 8 heteroatoms. The molecular formula is C20H18BrClN2O4. The van der Waals surface area contributed by atoms with Crippen molar-refractivity contribution in [1.82, 2.24) is 0 Å². The molecule has 1 saturated heterocycles. The van der Waals surface area contributed by atoms with Crippen molar-refractivity contribution < 1.29 is 19.1 Å². The number of anilines is 2. The van der Waals surface area contributed by atoms with Crippen LogP contribution < -0.4 is 10.2 Å². The molecule has 1 heterocycles. The summed E-state index contributed by atoms with van der Waals surface area (Å²) >= 11 is 9.27. The van der Waals surface area contributed by atoms with Crippen molar-refractivity contribution >= 4 is 56.7 Å². The van der Waals surface area contributed by atoms with Gasteiger partial charge in [0.05, 0.1) is 5.92 Å². The van der Waals surface area contributed by atoms with Crippen LogP contribution in [-0.2, 0) is 19.1 Å². The third-order valence-electron chi connectivity index (χ3n) is 4.42. The van der Waals surface area contributed by atoms with Crippen molar-refractivity contribution in [2.45, 2.75) is 13.3 Å². The quantitative estimate of drug-likeness (QED) is 0.679. The van der Waals surface area contributed by atoms with E-state index in [1.807, 2.05) is 19.1 Å². The molecule has 2 aromatic rings. The molecule has 28 heavy (non-hydrogen) atoms. The average Bonchev–Trinajstić information content (AvgIpc) is 3.05. The monoisotopic (exact) mass is 464 g/mol. The lowest BCUT2D eigenvalue weighted by atomic mass is 10.1. The summed E-state index contributed by atoms with van der Waals surface area (Å²) in [5.41, 5.74) is 2.12. The number of halogens is 2. The van der Waals surface area contributed by atoms with Gasteiger partial charge in [0.2, 0.25) is 5.91 Å². The Bertz CT molecular complexity index is 917. The second-order valence-electron chi connectivity index (χ2n) is 6.50. The first kappa shape index (κ1) is 20.4. The molecule has 1 aliphatic heterocycles. The van der Waals surface area contributed by atoms with E-state index in [0.717, 1.165) is 15.7 Å². The van der Waals surface area contributed by atoms with E-state index in [0.29, 0.717) is 10.7 Å². The highest BCUT2D eigenvalue weighted by Crippen LogP contribution is 2.27. The first-order valence-electron chi connectivity index (χ1n) is 8.62. The SMILES string of the molecule is Cc1ccc(Cl)cc1NC(=O)COC(=O)[C@H]1CC(=O)N(c2ccc(Br)cc2)C1. The molecule has 1 fully saturated rings. The van der Waals surface area contributed by atoms with Gasteiger partial charge in [-0.05, 0) is 48.9 Å². The number of amides is 2. The third kappa shape index (κ3) is 4.91. The summed E-state index contributed by atoms with van der Waals surface area (Å²) in [6.45, 7) is 1.64. The van der Waals surface area contributed by atoms with Crippen LogP contribution in [-0.4, -0.2) is 30.9 Å².